The molecule has 2 saturated heterocycles. The molecule has 16 heteroatoms. The summed E-state index contributed by atoms with van der Waals surface area (Å²) in [5.41, 5.74) is 4.75. The van der Waals surface area contributed by atoms with Crippen LogP contribution in [-0.4, -0.2) is 65.1 Å². The van der Waals surface area contributed by atoms with Crippen LogP contribution < -0.4 is 10.6 Å². The number of carbonyl (C=O) groups excluding carboxylic acids is 4. The van der Waals surface area contributed by atoms with E-state index in [1.54, 1.807) is 12.4 Å². The van der Waals surface area contributed by atoms with Crippen molar-refractivity contribution < 1.29 is 19.2 Å². The van der Waals surface area contributed by atoms with Gasteiger partial charge in [-0.1, -0.05) is 108 Å². The molecule has 2 aromatic heterocycles. The maximum atomic E-state index is 13.4. The van der Waals surface area contributed by atoms with E-state index in [1.165, 1.54) is 54.7 Å². The molecule has 0 bridgehead atoms. The average molecular weight is 807 g/mol. The van der Waals surface area contributed by atoms with Crippen molar-refractivity contribution in [1.82, 2.24) is 19.8 Å². The predicted octanol–water partition coefficient (Wildman–Crippen LogP) is 7.47. The van der Waals surface area contributed by atoms with Crippen LogP contribution in [0.3, 0.4) is 0 Å². The van der Waals surface area contributed by atoms with E-state index in [9.17, 15) is 19.2 Å². The van der Waals surface area contributed by atoms with Gasteiger partial charge in [0, 0.05) is 60.9 Å². The van der Waals surface area contributed by atoms with Gasteiger partial charge in [0.15, 0.2) is 10.3 Å². The highest BCUT2D eigenvalue weighted by Gasteiger charge is 2.41. The number of thiocarbonyl (C=S) groups is 2. The van der Waals surface area contributed by atoms with Crippen LogP contribution in [0.2, 0.25) is 0 Å². The van der Waals surface area contributed by atoms with E-state index in [2.05, 4.69) is 69.1 Å². The number of aromatic nitrogens is 2. The monoisotopic (exact) mass is 806 g/mol. The molecule has 2 N–H and O–H groups in total. The Hall–Kier alpha value is -3.80. The Morgan fingerprint density at radius 2 is 1.04 bits per heavy atom. The lowest BCUT2D eigenvalue weighted by Gasteiger charge is -2.14. The van der Waals surface area contributed by atoms with Crippen molar-refractivity contribution in [3.8, 4) is 0 Å². The summed E-state index contributed by atoms with van der Waals surface area (Å²) in [5.74, 6) is -1.15. The van der Waals surface area contributed by atoms with Crippen LogP contribution in [0, 0.1) is 13.8 Å². The van der Waals surface area contributed by atoms with Crippen LogP contribution in [0.4, 0.5) is 10.3 Å². The van der Waals surface area contributed by atoms with Crippen LogP contribution in [0.15, 0.2) is 70.7 Å². The van der Waals surface area contributed by atoms with Crippen LogP contribution >= 0.6 is 70.6 Å². The van der Waals surface area contributed by atoms with Crippen molar-refractivity contribution >= 4 is 113 Å². The lowest BCUT2D eigenvalue weighted by Crippen LogP contribution is -2.31. The molecule has 4 amide bonds. The van der Waals surface area contributed by atoms with Gasteiger partial charge >= 0.3 is 0 Å². The van der Waals surface area contributed by atoms with E-state index in [0.717, 1.165) is 46.1 Å². The van der Waals surface area contributed by atoms with Gasteiger partial charge < -0.3 is 10.6 Å². The van der Waals surface area contributed by atoms with Gasteiger partial charge in [-0.05, 0) is 37.8 Å². The highest BCUT2D eigenvalue weighted by Crippen LogP contribution is 2.42. The largest absolute Gasteiger partial charge is 0.302 e. The van der Waals surface area contributed by atoms with Gasteiger partial charge in [0.05, 0.1) is 9.81 Å². The lowest BCUT2D eigenvalue weighted by atomic mass is 10.1. The molecule has 2 fully saturated rings. The van der Waals surface area contributed by atoms with E-state index in [4.69, 9.17) is 24.4 Å². The summed E-state index contributed by atoms with van der Waals surface area (Å²) in [4.78, 5) is 66.1. The number of rotatable bonds is 14. The SMILES string of the molecule is Cc1ccc(Cc2cnc(NC(=O)CCCN3C(=O)/C(=C4\SC(=S)N(CCCC(=O)Nc5ncc(Cc6ccc(C)cc6)s5)C4=O)SC3=S)s2)cc1. The summed E-state index contributed by atoms with van der Waals surface area (Å²) in [7, 11) is 0. The Kier molecular flexibility index (Phi) is 12.7. The highest BCUT2D eigenvalue weighted by atomic mass is 32.2. The maximum Gasteiger partial charge on any atom is 0.267 e. The number of thioether (sulfide) groups is 2. The zero-order valence-corrected chi connectivity index (χ0v) is 33.2. The van der Waals surface area contributed by atoms with Crippen molar-refractivity contribution in [3.05, 3.63) is 103 Å². The molecule has 268 valence electrons. The molecule has 2 aromatic carbocycles. The second kappa shape index (κ2) is 17.4. The summed E-state index contributed by atoms with van der Waals surface area (Å²) >= 11 is 15.9. The summed E-state index contributed by atoms with van der Waals surface area (Å²) in [6, 6.07) is 16.6. The third-order valence-electron chi connectivity index (χ3n) is 8.07. The van der Waals surface area contributed by atoms with E-state index in [-0.39, 0.29) is 59.4 Å². The van der Waals surface area contributed by atoms with Gasteiger partial charge in [0.1, 0.15) is 8.64 Å². The zero-order chi connectivity index (χ0) is 36.8. The first-order chi connectivity index (χ1) is 25.0. The molecule has 6 rings (SSSR count). The average Bonchev–Trinajstić information content (AvgIpc) is 3.88. The molecular formula is C36H34N6O4S6. The topological polar surface area (TPSA) is 125 Å². The molecule has 52 heavy (non-hydrogen) atoms. The molecule has 0 saturated carbocycles. The van der Waals surface area contributed by atoms with Crippen LogP contribution in [0.25, 0.3) is 0 Å². The van der Waals surface area contributed by atoms with E-state index >= 15 is 0 Å². The smallest absolute Gasteiger partial charge is 0.267 e. The number of anilines is 2. The molecule has 0 aliphatic carbocycles. The molecule has 4 heterocycles. The fraction of sp³-hybridized carbons (Fsp3) is 0.278. The Morgan fingerprint density at radius 1 is 0.654 bits per heavy atom. The Morgan fingerprint density at radius 3 is 1.42 bits per heavy atom. The molecule has 0 radical (unpaired) electrons. The van der Waals surface area contributed by atoms with E-state index in [1.807, 2.05) is 13.8 Å². The standard InChI is InChI=1S/C36H34N6O4S6/c1-21-7-11-23(12-8-21)17-25-19-37-33(49-25)39-27(43)5-3-15-41-31(45)29(51-35(41)47)30-32(46)42(36(48)52-30)16-4-6-28(44)40-34-38-20-26(50-34)18-24-13-9-22(2)10-14-24/h7-14,19-20H,3-6,15-18H2,1-2H3,(H,37,39,43)(H,38,40,44)/b30-29+. The van der Waals surface area contributed by atoms with Gasteiger partial charge in [-0.25, -0.2) is 9.97 Å². The predicted molar refractivity (Wildman–Crippen MR) is 219 cm³/mol. The van der Waals surface area contributed by atoms with Crippen LogP contribution in [0.5, 0.6) is 0 Å². The van der Waals surface area contributed by atoms with E-state index < -0.39 is 0 Å². The van der Waals surface area contributed by atoms with Crippen molar-refractivity contribution in [3.63, 3.8) is 0 Å². The third kappa shape index (κ3) is 9.79. The highest BCUT2D eigenvalue weighted by molar-refractivity contribution is 8.29. The third-order valence-corrected chi connectivity index (χ3v) is 12.9. The van der Waals surface area contributed by atoms with Crippen molar-refractivity contribution in [2.75, 3.05) is 23.7 Å². The molecule has 2 aliphatic rings. The minimum Gasteiger partial charge on any atom is -0.302 e. The van der Waals surface area contributed by atoms with Crippen LogP contribution in [-0.2, 0) is 32.0 Å². The maximum absolute atomic E-state index is 13.4. The molecule has 0 unspecified atom stereocenters. The number of hydrogen-bond donors (Lipinski definition) is 2. The summed E-state index contributed by atoms with van der Waals surface area (Å²) < 4.78 is 0.652. The second-order valence-corrected chi connectivity index (χ2v) is 17.7. The Labute approximate surface area is 328 Å². The van der Waals surface area contributed by atoms with Crippen molar-refractivity contribution in [2.24, 2.45) is 0 Å². The molecule has 0 atom stereocenters. The normalized spacial score (nSPS) is 16.0. The fourth-order valence-corrected chi connectivity index (χ4v) is 9.82. The molecule has 2 aliphatic heterocycles. The summed E-state index contributed by atoms with van der Waals surface area (Å²) in [6.45, 7) is 4.57. The lowest BCUT2D eigenvalue weighted by molar-refractivity contribution is -0.124. The number of hydrogen-bond acceptors (Lipinski definition) is 12. The van der Waals surface area contributed by atoms with Gasteiger partial charge in [-0.2, -0.15) is 0 Å². The first-order valence-corrected chi connectivity index (χ1v) is 20.5. The Bertz CT molecular complexity index is 1910. The summed E-state index contributed by atoms with van der Waals surface area (Å²) in [5, 5.41) is 6.75. The minimum absolute atomic E-state index is 0.173. The fourth-order valence-electron chi connectivity index (χ4n) is 5.32. The quantitative estimate of drug-likeness (QED) is 0.0980. The molecular weight excluding hydrogens is 773 g/mol. The van der Waals surface area contributed by atoms with Crippen molar-refractivity contribution in [1.29, 1.82) is 0 Å². The first-order valence-electron chi connectivity index (χ1n) is 16.4. The van der Waals surface area contributed by atoms with E-state index in [0.29, 0.717) is 31.7 Å². The second-order valence-electron chi connectivity index (χ2n) is 12.2. The Balaban J connectivity index is 0.934. The van der Waals surface area contributed by atoms with Gasteiger partial charge in [-0.3, -0.25) is 29.0 Å². The van der Waals surface area contributed by atoms with Gasteiger partial charge in [-0.15, -0.1) is 22.7 Å². The van der Waals surface area contributed by atoms with Gasteiger partial charge in [0.2, 0.25) is 11.8 Å². The zero-order valence-electron chi connectivity index (χ0n) is 28.3. The number of amides is 4. The number of nitrogens with zero attached hydrogens (tertiary/aromatic N) is 4. The summed E-state index contributed by atoms with van der Waals surface area (Å²) in [6.07, 6.45) is 6.12. The number of aryl methyl sites for hydroxylation is 2. The number of nitrogens with one attached hydrogen (secondary N) is 2. The van der Waals surface area contributed by atoms with Gasteiger partial charge in [0.25, 0.3) is 11.8 Å². The minimum atomic E-state index is -0.374. The number of thiazole rings is 2. The molecule has 4 aromatic rings. The number of carbonyl (C=O) groups is 4. The molecule has 10 nitrogen and oxygen atoms in total. The molecule has 0 spiro atoms. The van der Waals surface area contributed by atoms with Crippen LogP contribution in [0.1, 0.15) is 57.7 Å². The number of benzene rings is 2. The first kappa shape index (κ1) is 37.9. The van der Waals surface area contributed by atoms with Crippen molar-refractivity contribution in [2.45, 2.75) is 52.4 Å².